The van der Waals surface area contributed by atoms with Gasteiger partial charge < -0.3 is 14.6 Å². The van der Waals surface area contributed by atoms with E-state index in [1.54, 1.807) is 0 Å². The van der Waals surface area contributed by atoms with Crippen molar-refractivity contribution in [2.75, 3.05) is 20.6 Å². The Hall–Kier alpha value is -0.800. The fourth-order valence-corrected chi connectivity index (χ4v) is 1.66. The molecule has 16 heavy (non-hydrogen) atoms. The molecule has 0 radical (unpaired) electrons. The predicted octanol–water partition coefficient (Wildman–Crippen LogP) is 2.40. The molecule has 1 aromatic rings. The number of rotatable bonds is 6. The summed E-state index contributed by atoms with van der Waals surface area (Å²) in [5.41, 5.74) is 1.28. The van der Waals surface area contributed by atoms with Crippen LogP contribution in [0.15, 0.2) is 10.5 Å². The van der Waals surface area contributed by atoms with E-state index in [1.165, 1.54) is 5.56 Å². The number of furan rings is 1. The van der Waals surface area contributed by atoms with Gasteiger partial charge in [-0.1, -0.05) is 13.8 Å². The minimum atomic E-state index is 0.678. The molecule has 0 aliphatic rings. The van der Waals surface area contributed by atoms with Crippen LogP contribution in [0, 0.1) is 12.8 Å². The Balaban J connectivity index is 2.49. The first-order valence-corrected chi connectivity index (χ1v) is 5.92. The molecule has 0 spiro atoms. The quantitative estimate of drug-likeness (QED) is 0.804. The van der Waals surface area contributed by atoms with Gasteiger partial charge in [0.05, 0.1) is 6.54 Å². The summed E-state index contributed by atoms with van der Waals surface area (Å²) in [6.07, 6.45) is 0. The van der Waals surface area contributed by atoms with Crippen molar-refractivity contribution >= 4 is 0 Å². The lowest BCUT2D eigenvalue weighted by Gasteiger charge is -2.07. The molecule has 0 aliphatic heterocycles. The number of aryl methyl sites for hydroxylation is 1. The fraction of sp³-hybridized carbons (Fsp3) is 0.692. The van der Waals surface area contributed by atoms with Crippen LogP contribution in [0.25, 0.3) is 0 Å². The summed E-state index contributed by atoms with van der Waals surface area (Å²) >= 11 is 0. The fourth-order valence-electron chi connectivity index (χ4n) is 1.66. The summed E-state index contributed by atoms with van der Waals surface area (Å²) in [5.74, 6) is 2.75. The van der Waals surface area contributed by atoms with Crippen LogP contribution in [0.1, 0.15) is 30.9 Å². The van der Waals surface area contributed by atoms with Gasteiger partial charge in [0.1, 0.15) is 11.5 Å². The van der Waals surface area contributed by atoms with Gasteiger partial charge in [-0.05, 0) is 39.5 Å². The third-order valence-electron chi connectivity index (χ3n) is 2.41. The van der Waals surface area contributed by atoms with E-state index in [-0.39, 0.29) is 0 Å². The van der Waals surface area contributed by atoms with Gasteiger partial charge in [-0.15, -0.1) is 0 Å². The topological polar surface area (TPSA) is 28.4 Å². The van der Waals surface area contributed by atoms with Gasteiger partial charge in [0, 0.05) is 12.1 Å². The van der Waals surface area contributed by atoms with E-state index in [9.17, 15) is 0 Å². The zero-order valence-corrected chi connectivity index (χ0v) is 11.1. The van der Waals surface area contributed by atoms with E-state index in [0.717, 1.165) is 31.2 Å². The van der Waals surface area contributed by atoms with Gasteiger partial charge in [-0.25, -0.2) is 0 Å². The predicted molar refractivity (Wildman–Crippen MR) is 67.4 cm³/mol. The van der Waals surface area contributed by atoms with Crippen molar-refractivity contribution in [1.29, 1.82) is 0 Å². The van der Waals surface area contributed by atoms with Crippen LogP contribution in [0.3, 0.4) is 0 Å². The maximum atomic E-state index is 5.71. The standard InChI is InChI=1S/C13H24N2O/c1-10(2)7-14-8-13-6-12(9-15(4)5)11(3)16-13/h6,10,14H,7-9H2,1-5H3. The molecule has 0 atom stereocenters. The molecule has 1 rings (SSSR count). The van der Waals surface area contributed by atoms with Gasteiger partial charge in [0.15, 0.2) is 0 Å². The Bertz CT molecular complexity index is 316. The number of nitrogens with one attached hydrogen (secondary N) is 1. The van der Waals surface area contributed by atoms with Gasteiger partial charge in [0.2, 0.25) is 0 Å². The first kappa shape index (κ1) is 13.3. The molecule has 0 saturated heterocycles. The number of hydrogen-bond donors (Lipinski definition) is 1. The average Bonchev–Trinajstić information content (AvgIpc) is 2.45. The highest BCUT2D eigenvalue weighted by Gasteiger charge is 2.07. The molecule has 0 fully saturated rings. The van der Waals surface area contributed by atoms with E-state index < -0.39 is 0 Å². The lowest BCUT2D eigenvalue weighted by molar-refractivity contribution is 0.394. The van der Waals surface area contributed by atoms with Crippen molar-refractivity contribution in [3.8, 4) is 0 Å². The minimum absolute atomic E-state index is 0.678. The Kier molecular flexibility index (Phi) is 5.03. The first-order chi connectivity index (χ1) is 7.49. The maximum absolute atomic E-state index is 5.71. The summed E-state index contributed by atoms with van der Waals surface area (Å²) in [7, 11) is 4.15. The van der Waals surface area contributed by atoms with Crippen LogP contribution in [-0.2, 0) is 13.1 Å². The molecule has 0 bridgehead atoms. The first-order valence-electron chi connectivity index (χ1n) is 5.92. The molecule has 92 valence electrons. The molecule has 1 N–H and O–H groups in total. The van der Waals surface area contributed by atoms with Gasteiger partial charge in [0.25, 0.3) is 0 Å². The largest absolute Gasteiger partial charge is 0.465 e. The van der Waals surface area contributed by atoms with Crippen LogP contribution < -0.4 is 5.32 Å². The zero-order valence-electron chi connectivity index (χ0n) is 11.1. The second-order valence-electron chi connectivity index (χ2n) is 5.06. The Labute approximate surface area is 98.8 Å². The summed E-state index contributed by atoms with van der Waals surface area (Å²) < 4.78 is 5.71. The Morgan fingerprint density at radius 3 is 2.62 bits per heavy atom. The molecular formula is C13H24N2O. The second-order valence-corrected chi connectivity index (χ2v) is 5.06. The third-order valence-corrected chi connectivity index (χ3v) is 2.41. The lowest BCUT2D eigenvalue weighted by atomic mass is 10.2. The van der Waals surface area contributed by atoms with Crippen molar-refractivity contribution in [3.05, 3.63) is 23.2 Å². The number of hydrogen-bond acceptors (Lipinski definition) is 3. The molecule has 1 aromatic heterocycles. The van der Waals surface area contributed by atoms with Crippen molar-refractivity contribution in [1.82, 2.24) is 10.2 Å². The molecular weight excluding hydrogens is 200 g/mol. The monoisotopic (exact) mass is 224 g/mol. The average molecular weight is 224 g/mol. The van der Waals surface area contributed by atoms with Crippen molar-refractivity contribution < 1.29 is 4.42 Å². The summed E-state index contributed by atoms with van der Waals surface area (Å²) in [6, 6.07) is 2.16. The smallest absolute Gasteiger partial charge is 0.118 e. The van der Waals surface area contributed by atoms with E-state index >= 15 is 0 Å². The highest BCUT2D eigenvalue weighted by Crippen LogP contribution is 2.15. The molecule has 1 heterocycles. The molecule has 0 amide bonds. The van der Waals surface area contributed by atoms with Crippen molar-refractivity contribution in [2.24, 2.45) is 5.92 Å². The lowest BCUT2D eigenvalue weighted by Crippen LogP contribution is -2.18. The molecule has 0 aliphatic carbocycles. The normalized spacial score (nSPS) is 11.7. The highest BCUT2D eigenvalue weighted by atomic mass is 16.3. The number of nitrogens with zero attached hydrogens (tertiary/aromatic N) is 1. The van der Waals surface area contributed by atoms with Gasteiger partial charge >= 0.3 is 0 Å². The summed E-state index contributed by atoms with van der Waals surface area (Å²) in [6.45, 7) is 9.25. The molecule has 3 heteroatoms. The molecule has 3 nitrogen and oxygen atoms in total. The Morgan fingerprint density at radius 1 is 1.38 bits per heavy atom. The Morgan fingerprint density at radius 2 is 2.06 bits per heavy atom. The van der Waals surface area contributed by atoms with Crippen LogP contribution in [0.2, 0.25) is 0 Å². The van der Waals surface area contributed by atoms with E-state index in [2.05, 4.69) is 44.2 Å². The van der Waals surface area contributed by atoms with Crippen molar-refractivity contribution in [3.63, 3.8) is 0 Å². The zero-order chi connectivity index (χ0) is 12.1. The van der Waals surface area contributed by atoms with Crippen LogP contribution in [0.4, 0.5) is 0 Å². The summed E-state index contributed by atoms with van der Waals surface area (Å²) in [4.78, 5) is 2.16. The van der Waals surface area contributed by atoms with Gasteiger partial charge in [-0.2, -0.15) is 0 Å². The highest BCUT2D eigenvalue weighted by molar-refractivity contribution is 5.20. The van der Waals surface area contributed by atoms with E-state index in [0.29, 0.717) is 5.92 Å². The van der Waals surface area contributed by atoms with Crippen LogP contribution >= 0.6 is 0 Å². The minimum Gasteiger partial charge on any atom is -0.465 e. The SMILES string of the molecule is Cc1oc(CNCC(C)C)cc1CN(C)C. The van der Waals surface area contributed by atoms with E-state index in [4.69, 9.17) is 4.42 Å². The maximum Gasteiger partial charge on any atom is 0.118 e. The van der Waals surface area contributed by atoms with Crippen molar-refractivity contribution in [2.45, 2.75) is 33.9 Å². The van der Waals surface area contributed by atoms with E-state index in [1.807, 2.05) is 6.92 Å². The molecule has 0 unspecified atom stereocenters. The molecule has 0 saturated carbocycles. The van der Waals surface area contributed by atoms with Gasteiger partial charge in [-0.3, -0.25) is 0 Å². The van der Waals surface area contributed by atoms with Crippen LogP contribution in [0.5, 0.6) is 0 Å². The molecule has 0 aromatic carbocycles. The van der Waals surface area contributed by atoms with Crippen LogP contribution in [-0.4, -0.2) is 25.5 Å². The summed E-state index contributed by atoms with van der Waals surface area (Å²) in [5, 5.41) is 3.39. The third kappa shape index (κ3) is 4.37. The second kappa shape index (κ2) is 6.06.